The van der Waals surface area contributed by atoms with Crippen molar-refractivity contribution in [3.05, 3.63) is 17.5 Å². The molecule has 2 aromatic rings. The number of aromatic nitrogens is 4. The number of carbonyl (C=O) groups is 1. The van der Waals surface area contributed by atoms with Crippen LogP contribution in [0.3, 0.4) is 0 Å². The number of thiophene rings is 1. The Morgan fingerprint density at radius 2 is 2.45 bits per heavy atom. The monoisotopic (exact) mass is 289 g/mol. The first-order chi connectivity index (χ1) is 9.56. The van der Waals surface area contributed by atoms with Crippen molar-refractivity contribution in [2.24, 2.45) is 0 Å². The zero-order valence-corrected chi connectivity index (χ0v) is 12.1. The minimum atomic E-state index is -0.645. The number of nitrogens with zero attached hydrogens (tertiary/aromatic N) is 4. The quantitative estimate of drug-likeness (QED) is 0.843. The van der Waals surface area contributed by atoms with Crippen LogP contribution in [0.15, 0.2) is 17.5 Å². The molecule has 0 bridgehead atoms. The van der Waals surface area contributed by atoms with Gasteiger partial charge in [-0.25, -0.2) is 0 Å². The lowest BCUT2D eigenvalue weighted by molar-refractivity contribution is -0.123. The second-order valence-corrected chi connectivity index (χ2v) is 5.45. The average Bonchev–Trinajstić information content (AvgIpc) is 3.08. The van der Waals surface area contributed by atoms with Gasteiger partial charge in [0.25, 0.3) is 0 Å². The summed E-state index contributed by atoms with van der Waals surface area (Å²) in [5.41, 5.74) is -0.645. The summed E-state index contributed by atoms with van der Waals surface area (Å²) in [7, 11) is 0. The molecule has 2 aromatic heterocycles. The lowest BCUT2D eigenvalue weighted by Gasteiger charge is -2.22. The van der Waals surface area contributed by atoms with E-state index >= 15 is 0 Å². The Morgan fingerprint density at radius 1 is 1.65 bits per heavy atom. The van der Waals surface area contributed by atoms with Crippen molar-refractivity contribution >= 4 is 17.2 Å². The van der Waals surface area contributed by atoms with E-state index in [0.29, 0.717) is 12.2 Å². The van der Waals surface area contributed by atoms with Gasteiger partial charge in [-0.05, 0) is 30.0 Å². The molecule has 2 heterocycles. The Balaban J connectivity index is 2.01. The van der Waals surface area contributed by atoms with Crippen molar-refractivity contribution in [3.8, 4) is 23.0 Å². The van der Waals surface area contributed by atoms with Crippen LogP contribution in [0.1, 0.15) is 20.3 Å². The van der Waals surface area contributed by atoms with Gasteiger partial charge in [0.15, 0.2) is 0 Å². The molecule has 0 aliphatic carbocycles. The zero-order valence-electron chi connectivity index (χ0n) is 11.3. The summed E-state index contributed by atoms with van der Waals surface area (Å²) in [4.78, 5) is 14.1. The topological polar surface area (TPSA) is 72.7 Å². The minimum absolute atomic E-state index is 0.00432. The predicted molar refractivity (Wildman–Crippen MR) is 76.8 cm³/mol. The highest BCUT2D eigenvalue weighted by molar-refractivity contribution is 7.13. The molecular formula is C13H15N5OS. The van der Waals surface area contributed by atoms with Gasteiger partial charge in [0.1, 0.15) is 6.54 Å². The van der Waals surface area contributed by atoms with Crippen LogP contribution in [0, 0.1) is 12.3 Å². The maximum atomic E-state index is 11.9. The molecule has 0 spiro atoms. The Bertz CT molecular complexity index is 627. The molecule has 2 rings (SSSR count). The Morgan fingerprint density at radius 3 is 3.05 bits per heavy atom. The third-order valence-electron chi connectivity index (χ3n) is 2.92. The van der Waals surface area contributed by atoms with Crippen LogP contribution in [0.2, 0.25) is 0 Å². The van der Waals surface area contributed by atoms with E-state index in [1.165, 1.54) is 16.1 Å². The molecule has 104 valence electrons. The summed E-state index contributed by atoms with van der Waals surface area (Å²) in [5, 5.41) is 16.7. The number of nitrogens with one attached hydrogen (secondary N) is 1. The van der Waals surface area contributed by atoms with Gasteiger partial charge in [0.2, 0.25) is 11.7 Å². The normalized spacial score (nSPS) is 13.4. The van der Waals surface area contributed by atoms with Gasteiger partial charge < -0.3 is 5.32 Å². The highest BCUT2D eigenvalue weighted by atomic mass is 32.1. The van der Waals surface area contributed by atoms with Crippen LogP contribution in [-0.2, 0) is 11.3 Å². The lowest BCUT2D eigenvalue weighted by Crippen LogP contribution is -2.45. The molecule has 1 N–H and O–H groups in total. The van der Waals surface area contributed by atoms with Gasteiger partial charge in [-0.3, -0.25) is 4.79 Å². The maximum Gasteiger partial charge on any atom is 0.244 e. The van der Waals surface area contributed by atoms with Crippen molar-refractivity contribution in [2.75, 3.05) is 0 Å². The molecule has 0 fully saturated rings. The van der Waals surface area contributed by atoms with Crippen LogP contribution in [-0.4, -0.2) is 31.7 Å². The molecule has 0 aliphatic heterocycles. The summed E-state index contributed by atoms with van der Waals surface area (Å²) in [6.45, 7) is 3.72. The number of hydrogen-bond donors (Lipinski definition) is 1. The molecule has 0 aromatic carbocycles. The Hall–Kier alpha value is -2.20. The standard InChI is InChI=1S/C13H15N5OS/c1-4-13(3,5-2)14-11(19)9-18-16-12(15-17-18)10-7-6-8-20-10/h1,6-8H,5,9H2,2-3H3,(H,14,19). The van der Waals surface area contributed by atoms with E-state index in [-0.39, 0.29) is 12.5 Å². The largest absolute Gasteiger partial charge is 0.338 e. The predicted octanol–water partition coefficient (Wildman–Crippen LogP) is 1.32. The molecule has 0 radical (unpaired) electrons. The van der Waals surface area contributed by atoms with E-state index in [0.717, 1.165) is 4.88 Å². The number of amides is 1. The van der Waals surface area contributed by atoms with Crippen molar-refractivity contribution in [1.29, 1.82) is 0 Å². The van der Waals surface area contributed by atoms with E-state index in [1.807, 2.05) is 24.4 Å². The van der Waals surface area contributed by atoms with Gasteiger partial charge in [0.05, 0.1) is 10.4 Å². The third-order valence-corrected chi connectivity index (χ3v) is 3.79. The van der Waals surface area contributed by atoms with E-state index in [2.05, 4.69) is 26.6 Å². The molecule has 1 unspecified atom stereocenters. The summed E-state index contributed by atoms with van der Waals surface area (Å²) in [6, 6.07) is 3.81. The molecule has 1 amide bonds. The smallest absolute Gasteiger partial charge is 0.244 e. The number of carbonyl (C=O) groups excluding carboxylic acids is 1. The fraction of sp³-hybridized carbons (Fsp3) is 0.385. The third kappa shape index (κ3) is 3.22. The first kappa shape index (κ1) is 14.2. The average molecular weight is 289 g/mol. The van der Waals surface area contributed by atoms with Crippen molar-refractivity contribution in [1.82, 2.24) is 25.5 Å². The molecule has 20 heavy (non-hydrogen) atoms. The molecule has 6 nitrogen and oxygen atoms in total. The molecule has 1 atom stereocenters. The molecule has 0 aliphatic rings. The van der Waals surface area contributed by atoms with Gasteiger partial charge in [-0.1, -0.05) is 18.9 Å². The van der Waals surface area contributed by atoms with E-state index in [1.54, 1.807) is 6.92 Å². The molecule has 0 saturated carbocycles. The van der Waals surface area contributed by atoms with Crippen LogP contribution in [0.5, 0.6) is 0 Å². The number of tetrazole rings is 1. The van der Waals surface area contributed by atoms with Gasteiger partial charge >= 0.3 is 0 Å². The van der Waals surface area contributed by atoms with E-state index in [4.69, 9.17) is 6.42 Å². The van der Waals surface area contributed by atoms with Crippen molar-refractivity contribution in [2.45, 2.75) is 32.4 Å². The maximum absolute atomic E-state index is 11.9. The van der Waals surface area contributed by atoms with E-state index < -0.39 is 5.54 Å². The highest BCUT2D eigenvalue weighted by Gasteiger charge is 2.21. The van der Waals surface area contributed by atoms with Crippen molar-refractivity contribution < 1.29 is 4.79 Å². The second kappa shape index (κ2) is 5.84. The van der Waals surface area contributed by atoms with Gasteiger partial charge in [-0.15, -0.1) is 28.0 Å². The zero-order chi connectivity index (χ0) is 14.6. The number of terminal acetylenes is 1. The van der Waals surface area contributed by atoms with Gasteiger partial charge in [-0.2, -0.15) is 4.80 Å². The molecular weight excluding hydrogens is 274 g/mol. The van der Waals surface area contributed by atoms with Crippen LogP contribution >= 0.6 is 11.3 Å². The summed E-state index contributed by atoms with van der Waals surface area (Å²) in [6.07, 6.45) is 6.07. The highest BCUT2D eigenvalue weighted by Crippen LogP contribution is 2.19. The Kier molecular flexibility index (Phi) is 4.15. The van der Waals surface area contributed by atoms with Crippen LogP contribution in [0.25, 0.3) is 10.7 Å². The lowest BCUT2D eigenvalue weighted by atomic mass is 10.0. The number of hydrogen-bond acceptors (Lipinski definition) is 5. The first-order valence-corrected chi connectivity index (χ1v) is 7.05. The summed E-state index contributed by atoms with van der Waals surface area (Å²) < 4.78 is 0. The molecule has 7 heteroatoms. The minimum Gasteiger partial charge on any atom is -0.338 e. The second-order valence-electron chi connectivity index (χ2n) is 4.50. The molecule has 0 saturated heterocycles. The van der Waals surface area contributed by atoms with Gasteiger partial charge in [0, 0.05) is 0 Å². The van der Waals surface area contributed by atoms with Crippen LogP contribution in [0.4, 0.5) is 0 Å². The summed E-state index contributed by atoms with van der Waals surface area (Å²) >= 11 is 1.52. The Labute approximate surface area is 121 Å². The SMILES string of the molecule is C#CC(C)(CC)NC(=O)Cn1nnc(-c2cccs2)n1. The van der Waals surface area contributed by atoms with Crippen molar-refractivity contribution in [3.63, 3.8) is 0 Å². The fourth-order valence-corrected chi connectivity index (χ4v) is 2.16. The number of rotatable bonds is 5. The fourth-order valence-electron chi connectivity index (χ4n) is 1.52. The first-order valence-electron chi connectivity index (χ1n) is 6.17. The van der Waals surface area contributed by atoms with E-state index in [9.17, 15) is 4.79 Å². The van der Waals surface area contributed by atoms with Crippen LogP contribution < -0.4 is 5.32 Å². The summed E-state index contributed by atoms with van der Waals surface area (Å²) in [5.74, 6) is 2.86.